The fourth-order valence-corrected chi connectivity index (χ4v) is 1.91. The predicted molar refractivity (Wildman–Crippen MR) is 73.7 cm³/mol. The molecule has 0 spiro atoms. The van der Waals surface area contributed by atoms with E-state index in [1.54, 1.807) is 12.1 Å². The lowest BCUT2D eigenvalue weighted by atomic mass is 10.1. The number of halogens is 2. The molecule has 3 N–H and O–H groups in total. The van der Waals surface area contributed by atoms with Crippen LogP contribution in [0.1, 0.15) is 25.3 Å². The smallest absolute Gasteiger partial charge is 0.220 e. The van der Waals surface area contributed by atoms with Gasteiger partial charge in [0.25, 0.3) is 0 Å². The summed E-state index contributed by atoms with van der Waals surface area (Å²) < 4.78 is 13.4. The lowest BCUT2D eigenvalue weighted by Gasteiger charge is -2.07. The van der Waals surface area contributed by atoms with Crippen LogP contribution in [0.2, 0.25) is 0 Å². The van der Waals surface area contributed by atoms with Gasteiger partial charge in [0.05, 0.1) is 4.47 Å². The molecule has 1 unspecified atom stereocenters. The summed E-state index contributed by atoms with van der Waals surface area (Å²) in [5.41, 5.74) is 6.55. The molecule has 0 fully saturated rings. The number of hydrogen-bond donors (Lipinski definition) is 2. The van der Waals surface area contributed by atoms with E-state index in [4.69, 9.17) is 5.73 Å². The quantitative estimate of drug-likeness (QED) is 0.846. The van der Waals surface area contributed by atoms with Crippen LogP contribution in [0.25, 0.3) is 0 Å². The third-order valence-electron chi connectivity index (χ3n) is 2.55. The van der Waals surface area contributed by atoms with Crippen LogP contribution in [0.5, 0.6) is 0 Å². The van der Waals surface area contributed by atoms with Crippen LogP contribution in [0.15, 0.2) is 22.7 Å². The largest absolute Gasteiger partial charge is 0.356 e. The molecule has 5 heteroatoms. The first-order valence-corrected chi connectivity index (χ1v) is 6.74. The van der Waals surface area contributed by atoms with Gasteiger partial charge in [0.15, 0.2) is 0 Å². The minimum Gasteiger partial charge on any atom is -0.356 e. The minimum atomic E-state index is -0.278. The van der Waals surface area contributed by atoms with Gasteiger partial charge in [-0.25, -0.2) is 4.39 Å². The minimum absolute atomic E-state index is 0.00785. The Balaban J connectivity index is 2.28. The molecule has 100 valence electrons. The molecule has 3 nitrogen and oxygen atoms in total. The van der Waals surface area contributed by atoms with Gasteiger partial charge in [0.2, 0.25) is 5.91 Å². The van der Waals surface area contributed by atoms with E-state index in [0.29, 0.717) is 30.3 Å². The highest BCUT2D eigenvalue weighted by atomic mass is 79.9. The number of hydrogen-bond acceptors (Lipinski definition) is 2. The molecule has 1 aromatic carbocycles. The molecule has 1 aromatic rings. The molecular formula is C13H18BrFN2O. The summed E-state index contributed by atoms with van der Waals surface area (Å²) in [7, 11) is 0. The van der Waals surface area contributed by atoms with E-state index in [-0.39, 0.29) is 17.8 Å². The van der Waals surface area contributed by atoms with E-state index in [9.17, 15) is 9.18 Å². The summed E-state index contributed by atoms with van der Waals surface area (Å²) >= 11 is 3.13. The molecule has 0 aromatic heterocycles. The van der Waals surface area contributed by atoms with Crippen molar-refractivity contribution in [3.63, 3.8) is 0 Å². The highest BCUT2D eigenvalue weighted by Gasteiger charge is 2.04. The van der Waals surface area contributed by atoms with Crippen LogP contribution in [-0.4, -0.2) is 18.5 Å². The Labute approximate surface area is 115 Å². The molecule has 0 aliphatic rings. The van der Waals surface area contributed by atoms with Crippen molar-refractivity contribution in [2.45, 2.75) is 32.2 Å². The molecule has 0 bridgehead atoms. The van der Waals surface area contributed by atoms with Gasteiger partial charge in [0.1, 0.15) is 5.82 Å². The first-order valence-electron chi connectivity index (χ1n) is 5.95. The van der Waals surface area contributed by atoms with E-state index in [2.05, 4.69) is 21.2 Å². The Morgan fingerprint density at radius 1 is 1.56 bits per heavy atom. The molecular weight excluding hydrogens is 299 g/mol. The van der Waals surface area contributed by atoms with E-state index in [0.717, 1.165) is 5.56 Å². The average Bonchev–Trinajstić information content (AvgIpc) is 2.31. The second kappa shape index (κ2) is 7.48. The summed E-state index contributed by atoms with van der Waals surface area (Å²) in [6.45, 7) is 2.43. The van der Waals surface area contributed by atoms with Gasteiger partial charge >= 0.3 is 0 Å². The summed E-state index contributed by atoms with van der Waals surface area (Å²) in [6, 6.07) is 4.90. The summed E-state index contributed by atoms with van der Waals surface area (Å²) in [5.74, 6) is -0.270. The summed E-state index contributed by atoms with van der Waals surface area (Å²) in [6.07, 6.45) is 1.82. The van der Waals surface area contributed by atoms with Crippen molar-refractivity contribution in [3.8, 4) is 0 Å². The van der Waals surface area contributed by atoms with Gasteiger partial charge in [-0.15, -0.1) is 0 Å². The Bertz CT molecular complexity index is 410. The monoisotopic (exact) mass is 316 g/mol. The summed E-state index contributed by atoms with van der Waals surface area (Å²) in [4.78, 5) is 11.4. The number of rotatable bonds is 6. The lowest BCUT2D eigenvalue weighted by Crippen LogP contribution is -2.27. The predicted octanol–water partition coefficient (Wildman–Crippen LogP) is 2.37. The standard InChI is InChI=1S/C13H18BrFN2O/c1-9(16)2-5-13(18)17-7-6-10-3-4-12(15)11(14)8-10/h3-4,8-9H,2,5-7,16H2,1H3,(H,17,18). The van der Waals surface area contributed by atoms with Crippen molar-refractivity contribution in [3.05, 3.63) is 34.1 Å². The van der Waals surface area contributed by atoms with Gasteiger partial charge in [0, 0.05) is 19.0 Å². The zero-order chi connectivity index (χ0) is 13.5. The molecule has 0 radical (unpaired) electrons. The number of carbonyl (C=O) groups excluding carboxylic acids is 1. The van der Waals surface area contributed by atoms with E-state index < -0.39 is 0 Å². The van der Waals surface area contributed by atoms with E-state index in [1.807, 2.05) is 6.92 Å². The first kappa shape index (κ1) is 15.1. The van der Waals surface area contributed by atoms with Crippen molar-refractivity contribution >= 4 is 21.8 Å². The molecule has 18 heavy (non-hydrogen) atoms. The van der Waals surface area contributed by atoms with Crippen molar-refractivity contribution in [2.24, 2.45) is 5.73 Å². The first-order chi connectivity index (χ1) is 8.49. The molecule has 0 aliphatic heterocycles. The van der Waals surface area contributed by atoms with Crippen molar-refractivity contribution in [1.82, 2.24) is 5.32 Å². The normalized spacial score (nSPS) is 12.2. The average molecular weight is 317 g/mol. The van der Waals surface area contributed by atoms with Gasteiger partial charge < -0.3 is 11.1 Å². The second-order valence-electron chi connectivity index (χ2n) is 4.36. The van der Waals surface area contributed by atoms with Crippen LogP contribution in [0, 0.1) is 5.82 Å². The highest BCUT2D eigenvalue weighted by Crippen LogP contribution is 2.16. The van der Waals surface area contributed by atoms with Crippen LogP contribution in [0.4, 0.5) is 4.39 Å². The maximum Gasteiger partial charge on any atom is 0.220 e. The third kappa shape index (κ3) is 5.60. The Kier molecular flexibility index (Phi) is 6.29. The van der Waals surface area contributed by atoms with E-state index in [1.165, 1.54) is 6.07 Å². The fourth-order valence-electron chi connectivity index (χ4n) is 1.49. The topological polar surface area (TPSA) is 55.1 Å². The van der Waals surface area contributed by atoms with Crippen LogP contribution in [-0.2, 0) is 11.2 Å². The highest BCUT2D eigenvalue weighted by molar-refractivity contribution is 9.10. The molecule has 0 saturated heterocycles. The zero-order valence-corrected chi connectivity index (χ0v) is 12.0. The fraction of sp³-hybridized carbons (Fsp3) is 0.462. The number of nitrogens with two attached hydrogens (primary N) is 1. The maximum atomic E-state index is 13.0. The maximum absolute atomic E-state index is 13.0. The van der Waals surface area contributed by atoms with Crippen molar-refractivity contribution in [1.29, 1.82) is 0 Å². The lowest BCUT2D eigenvalue weighted by molar-refractivity contribution is -0.121. The number of carbonyl (C=O) groups is 1. The van der Waals surface area contributed by atoms with Crippen LogP contribution >= 0.6 is 15.9 Å². The Morgan fingerprint density at radius 2 is 2.28 bits per heavy atom. The van der Waals surface area contributed by atoms with Crippen molar-refractivity contribution in [2.75, 3.05) is 6.54 Å². The van der Waals surface area contributed by atoms with Crippen molar-refractivity contribution < 1.29 is 9.18 Å². The second-order valence-corrected chi connectivity index (χ2v) is 5.22. The molecule has 1 rings (SSSR count). The number of amides is 1. The number of nitrogens with one attached hydrogen (secondary N) is 1. The Hall–Kier alpha value is -0.940. The summed E-state index contributed by atoms with van der Waals surface area (Å²) in [5, 5.41) is 2.82. The van der Waals surface area contributed by atoms with E-state index >= 15 is 0 Å². The van der Waals surface area contributed by atoms with Crippen LogP contribution < -0.4 is 11.1 Å². The molecule has 1 atom stereocenters. The molecule has 0 heterocycles. The van der Waals surface area contributed by atoms with Gasteiger partial charge in [-0.3, -0.25) is 4.79 Å². The molecule has 0 saturated carbocycles. The zero-order valence-electron chi connectivity index (χ0n) is 10.4. The van der Waals surface area contributed by atoms with Gasteiger partial charge in [-0.2, -0.15) is 0 Å². The van der Waals surface area contributed by atoms with Gasteiger partial charge in [-0.05, 0) is 53.4 Å². The molecule has 1 amide bonds. The SMILES string of the molecule is CC(N)CCC(=O)NCCc1ccc(F)c(Br)c1. The number of benzene rings is 1. The van der Waals surface area contributed by atoms with Gasteiger partial charge in [-0.1, -0.05) is 6.07 Å². The Morgan fingerprint density at radius 3 is 2.89 bits per heavy atom. The third-order valence-corrected chi connectivity index (χ3v) is 3.15. The van der Waals surface area contributed by atoms with Crippen LogP contribution in [0.3, 0.4) is 0 Å². The molecule has 0 aliphatic carbocycles.